The van der Waals surface area contributed by atoms with Gasteiger partial charge in [-0.15, -0.1) is 12.4 Å². The lowest BCUT2D eigenvalue weighted by Gasteiger charge is -2.21. The molecule has 1 heterocycles. The van der Waals surface area contributed by atoms with Crippen molar-refractivity contribution in [1.82, 2.24) is 5.32 Å². The quantitative estimate of drug-likeness (QED) is 0.797. The molecule has 2 aromatic rings. The van der Waals surface area contributed by atoms with Gasteiger partial charge in [0.15, 0.2) is 0 Å². The smallest absolute Gasteiger partial charge is 0.320 e. The zero-order valence-electron chi connectivity index (χ0n) is 13.1. The van der Waals surface area contributed by atoms with Crippen LogP contribution in [-0.4, -0.2) is 28.6 Å². The lowest BCUT2D eigenvalue weighted by atomic mass is 10.2. The van der Waals surface area contributed by atoms with E-state index in [9.17, 15) is 8.42 Å². The third-order valence-corrected chi connectivity index (χ3v) is 5.78. The van der Waals surface area contributed by atoms with Gasteiger partial charge in [-0.25, -0.2) is 4.31 Å². The van der Waals surface area contributed by atoms with Crippen molar-refractivity contribution in [2.75, 3.05) is 28.7 Å². The molecule has 0 aliphatic carbocycles. The Hall–Kier alpha value is -1.47. The van der Waals surface area contributed by atoms with E-state index in [1.54, 1.807) is 24.3 Å². The van der Waals surface area contributed by atoms with Gasteiger partial charge in [0, 0.05) is 11.6 Å². The number of nitrogens with zero attached hydrogens (tertiary/aromatic N) is 2. The van der Waals surface area contributed by atoms with Crippen molar-refractivity contribution in [1.29, 1.82) is 0 Å². The minimum atomic E-state index is -3.64. The molecule has 2 aromatic carbocycles. The monoisotopic (exact) mass is 387 g/mol. The second kappa shape index (κ2) is 7.61. The number of anilines is 3. The summed E-state index contributed by atoms with van der Waals surface area (Å²) in [4.78, 5) is 0. The average molecular weight is 388 g/mol. The second-order valence-electron chi connectivity index (χ2n) is 5.27. The van der Waals surface area contributed by atoms with Gasteiger partial charge in [0.25, 0.3) is 0 Å². The maximum Gasteiger partial charge on any atom is 0.330 e. The van der Waals surface area contributed by atoms with Crippen LogP contribution in [0.2, 0.25) is 5.02 Å². The summed E-state index contributed by atoms with van der Waals surface area (Å²) in [6, 6.07) is 14.2. The van der Waals surface area contributed by atoms with Gasteiger partial charge in [0.1, 0.15) is 0 Å². The van der Waals surface area contributed by atoms with Crippen LogP contribution >= 0.6 is 24.0 Å². The zero-order valence-corrected chi connectivity index (χ0v) is 15.5. The number of para-hydroxylation sites is 2. The number of halogens is 2. The van der Waals surface area contributed by atoms with Crippen LogP contribution in [0.5, 0.6) is 0 Å². The van der Waals surface area contributed by atoms with Crippen molar-refractivity contribution in [3.63, 3.8) is 0 Å². The Kier molecular flexibility index (Phi) is 5.98. The number of hydrogen-bond acceptors (Lipinski definition) is 3. The summed E-state index contributed by atoms with van der Waals surface area (Å²) in [5, 5.41) is 3.62. The van der Waals surface area contributed by atoms with E-state index in [0.29, 0.717) is 28.6 Å². The highest BCUT2D eigenvalue weighted by Crippen LogP contribution is 2.45. The lowest BCUT2D eigenvalue weighted by Crippen LogP contribution is -2.36. The third-order valence-electron chi connectivity index (χ3n) is 3.73. The molecule has 24 heavy (non-hydrogen) atoms. The van der Waals surface area contributed by atoms with E-state index in [0.717, 1.165) is 13.0 Å². The molecular formula is C16H19Cl2N3O2S. The van der Waals surface area contributed by atoms with Crippen molar-refractivity contribution in [3.05, 3.63) is 53.6 Å². The highest BCUT2D eigenvalue weighted by Gasteiger charge is 2.40. The predicted octanol–water partition coefficient (Wildman–Crippen LogP) is 3.57. The van der Waals surface area contributed by atoms with Crippen LogP contribution in [-0.2, 0) is 10.2 Å². The van der Waals surface area contributed by atoms with E-state index in [-0.39, 0.29) is 12.4 Å². The van der Waals surface area contributed by atoms with E-state index in [1.165, 1.54) is 8.61 Å². The van der Waals surface area contributed by atoms with Gasteiger partial charge in [0.05, 0.1) is 17.1 Å². The van der Waals surface area contributed by atoms with Crippen LogP contribution in [0, 0.1) is 0 Å². The van der Waals surface area contributed by atoms with Crippen molar-refractivity contribution < 1.29 is 8.42 Å². The number of benzene rings is 2. The molecule has 3 rings (SSSR count). The van der Waals surface area contributed by atoms with Gasteiger partial charge in [-0.3, -0.25) is 4.31 Å². The third kappa shape index (κ3) is 3.32. The first kappa shape index (κ1) is 18.9. The Balaban J connectivity index is 0.00000208. The molecule has 1 N–H and O–H groups in total. The van der Waals surface area contributed by atoms with Crippen LogP contribution < -0.4 is 13.9 Å². The summed E-state index contributed by atoms with van der Waals surface area (Å²) in [5.41, 5.74) is 1.95. The Morgan fingerprint density at radius 1 is 1.04 bits per heavy atom. The molecule has 0 aromatic heterocycles. The first-order valence-corrected chi connectivity index (χ1v) is 9.15. The number of fused-ring (bicyclic) bond motifs is 1. The fourth-order valence-electron chi connectivity index (χ4n) is 2.68. The molecule has 0 spiro atoms. The molecule has 0 saturated heterocycles. The molecular weight excluding hydrogens is 369 g/mol. The minimum Gasteiger partial charge on any atom is -0.320 e. The van der Waals surface area contributed by atoms with Crippen molar-refractivity contribution in [2.24, 2.45) is 0 Å². The van der Waals surface area contributed by atoms with Gasteiger partial charge in [-0.05, 0) is 56.4 Å². The summed E-state index contributed by atoms with van der Waals surface area (Å²) >= 11 is 5.92. The SMILES string of the molecule is CNCCCN1c2ccccc2N(c2ccc(Cl)cc2)S1(=O)=O.Cl. The maximum atomic E-state index is 13.0. The molecule has 0 fully saturated rings. The first-order valence-electron chi connectivity index (χ1n) is 7.38. The standard InChI is InChI=1S/C16H18ClN3O2S.ClH/c1-18-11-4-12-19-15-5-2-3-6-16(15)20(23(19,21)22)14-9-7-13(17)8-10-14;/h2-3,5-10,18H,4,11-12H2,1H3;1H. The Bertz CT molecular complexity index is 797. The molecule has 0 radical (unpaired) electrons. The molecule has 0 unspecified atom stereocenters. The summed E-state index contributed by atoms with van der Waals surface area (Å²) in [6.07, 6.45) is 0.735. The molecule has 5 nitrogen and oxygen atoms in total. The van der Waals surface area contributed by atoms with Crippen LogP contribution in [0.25, 0.3) is 0 Å². The van der Waals surface area contributed by atoms with Crippen molar-refractivity contribution >= 4 is 51.3 Å². The summed E-state index contributed by atoms with van der Waals surface area (Å²) < 4.78 is 28.9. The largest absolute Gasteiger partial charge is 0.330 e. The van der Waals surface area contributed by atoms with E-state index >= 15 is 0 Å². The number of hydrogen-bond donors (Lipinski definition) is 1. The molecule has 130 valence electrons. The van der Waals surface area contributed by atoms with Crippen LogP contribution in [0.3, 0.4) is 0 Å². The summed E-state index contributed by atoms with van der Waals surface area (Å²) in [7, 11) is -1.78. The fraction of sp³-hybridized carbons (Fsp3) is 0.250. The Labute approximate surface area is 153 Å². The molecule has 8 heteroatoms. The topological polar surface area (TPSA) is 52.6 Å². The molecule has 0 bridgehead atoms. The van der Waals surface area contributed by atoms with E-state index in [4.69, 9.17) is 11.6 Å². The summed E-state index contributed by atoms with van der Waals surface area (Å²) in [6.45, 7) is 1.19. The van der Waals surface area contributed by atoms with Crippen LogP contribution in [0.1, 0.15) is 6.42 Å². The molecule has 1 aliphatic rings. The van der Waals surface area contributed by atoms with Gasteiger partial charge in [-0.2, -0.15) is 8.42 Å². The molecule has 0 atom stereocenters. The molecule has 0 amide bonds. The highest BCUT2D eigenvalue weighted by molar-refractivity contribution is 7.95. The van der Waals surface area contributed by atoms with Crippen molar-refractivity contribution in [3.8, 4) is 0 Å². The van der Waals surface area contributed by atoms with E-state index in [1.807, 2.05) is 31.3 Å². The average Bonchev–Trinajstić information content (AvgIpc) is 2.76. The molecule has 0 saturated carbocycles. The first-order chi connectivity index (χ1) is 11.1. The van der Waals surface area contributed by atoms with Crippen molar-refractivity contribution in [2.45, 2.75) is 6.42 Å². The van der Waals surface area contributed by atoms with Gasteiger partial charge in [-0.1, -0.05) is 23.7 Å². The van der Waals surface area contributed by atoms with Gasteiger partial charge in [0.2, 0.25) is 0 Å². The highest BCUT2D eigenvalue weighted by atomic mass is 35.5. The molecule has 1 aliphatic heterocycles. The Morgan fingerprint density at radius 3 is 2.29 bits per heavy atom. The predicted molar refractivity (Wildman–Crippen MR) is 102 cm³/mol. The van der Waals surface area contributed by atoms with Crippen LogP contribution in [0.15, 0.2) is 48.5 Å². The van der Waals surface area contributed by atoms with Crippen LogP contribution in [0.4, 0.5) is 17.1 Å². The van der Waals surface area contributed by atoms with Gasteiger partial charge < -0.3 is 5.32 Å². The Morgan fingerprint density at radius 2 is 1.67 bits per heavy atom. The van der Waals surface area contributed by atoms with E-state index < -0.39 is 10.2 Å². The van der Waals surface area contributed by atoms with E-state index in [2.05, 4.69) is 5.32 Å². The second-order valence-corrected chi connectivity index (χ2v) is 7.40. The van der Waals surface area contributed by atoms with Gasteiger partial charge >= 0.3 is 10.2 Å². The normalized spacial score (nSPS) is 15.1. The number of nitrogens with one attached hydrogen (secondary N) is 1. The fourth-order valence-corrected chi connectivity index (χ4v) is 4.55. The zero-order chi connectivity index (χ0) is 16.4. The minimum absolute atomic E-state index is 0. The summed E-state index contributed by atoms with van der Waals surface area (Å²) in [5.74, 6) is 0. The maximum absolute atomic E-state index is 13.0. The number of rotatable bonds is 5. The lowest BCUT2D eigenvalue weighted by molar-refractivity contribution is 0.591.